The monoisotopic (exact) mass is 368 g/mol. The fraction of sp³-hybridized carbons (Fsp3) is 0.375. The van der Waals surface area contributed by atoms with E-state index < -0.39 is 12.1 Å². The first-order chi connectivity index (χ1) is 12.2. The number of rotatable bonds is 5. The van der Waals surface area contributed by atoms with Crippen molar-refractivity contribution in [2.45, 2.75) is 33.4 Å². The van der Waals surface area contributed by atoms with E-state index in [4.69, 9.17) is 9.26 Å². The van der Waals surface area contributed by atoms with E-state index in [1.807, 2.05) is 0 Å². The molecule has 0 amide bonds. The number of ether oxygens (including phenoxy) is 1. The van der Waals surface area contributed by atoms with Gasteiger partial charge in [-0.3, -0.25) is 0 Å². The summed E-state index contributed by atoms with van der Waals surface area (Å²) in [6, 6.07) is 3.29. The minimum Gasteiger partial charge on any atom is -0.493 e. The summed E-state index contributed by atoms with van der Waals surface area (Å²) in [6.45, 7) is 5.61. The Morgan fingerprint density at radius 3 is 2.23 bits per heavy atom. The summed E-state index contributed by atoms with van der Waals surface area (Å²) >= 11 is 0. The maximum absolute atomic E-state index is 12.6. The molecule has 0 unspecified atom stereocenters. The number of benzene rings is 1. The first-order valence-electron chi connectivity index (χ1n) is 7.68. The Hall–Kier alpha value is -2.91. The standard InChI is InChI=1S/C16H15F3N4O3/c1-8-6-11(14-21-15(26-23-14)16(17,18)19)7-9(2)13(8)24-5-4-12-20-10(3)25-22-12/h6-7H,4-5H2,1-3H3. The quantitative estimate of drug-likeness (QED) is 0.679. The lowest BCUT2D eigenvalue weighted by Gasteiger charge is -2.12. The number of alkyl halides is 3. The largest absolute Gasteiger partial charge is 0.493 e. The van der Waals surface area contributed by atoms with E-state index in [0.717, 1.165) is 11.1 Å². The summed E-state index contributed by atoms with van der Waals surface area (Å²) < 4.78 is 52.7. The maximum atomic E-state index is 12.6. The van der Waals surface area contributed by atoms with E-state index in [1.54, 1.807) is 32.9 Å². The molecule has 0 spiro atoms. The zero-order valence-corrected chi connectivity index (χ0v) is 14.2. The molecule has 0 aliphatic heterocycles. The molecule has 3 rings (SSSR count). The number of hydrogen-bond donors (Lipinski definition) is 0. The van der Waals surface area contributed by atoms with Crippen LogP contribution in [0.5, 0.6) is 5.75 Å². The van der Waals surface area contributed by atoms with E-state index in [2.05, 4.69) is 24.8 Å². The van der Waals surface area contributed by atoms with Gasteiger partial charge in [-0.1, -0.05) is 10.3 Å². The van der Waals surface area contributed by atoms with Gasteiger partial charge in [0.05, 0.1) is 6.61 Å². The van der Waals surface area contributed by atoms with Crippen LogP contribution in [0.2, 0.25) is 0 Å². The number of halogens is 3. The molecule has 10 heteroatoms. The van der Waals surface area contributed by atoms with Gasteiger partial charge in [0, 0.05) is 18.9 Å². The van der Waals surface area contributed by atoms with Crippen molar-refractivity contribution in [3.63, 3.8) is 0 Å². The van der Waals surface area contributed by atoms with Gasteiger partial charge in [0.25, 0.3) is 0 Å². The lowest BCUT2D eigenvalue weighted by atomic mass is 10.1. The van der Waals surface area contributed by atoms with Crippen LogP contribution in [0, 0.1) is 20.8 Å². The van der Waals surface area contributed by atoms with Gasteiger partial charge in [-0.15, -0.1) is 0 Å². The third-order valence-electron chi connectivity index (χ3n) is 3.53. The molecule has 0 aliphatic rings. The molecule has 0 saturated heterocycles. The number of aromatic nitrogens is 4. The van der Waals surface area contributed by atoms with E-state index in [-0.39, 0.29) is 5.82 Å². The molecule has 0 atom stereocenters. The third kappa shape index (κ3) is 3.84. The Labute approximate surface area is 146 Å². The minimum absolute atomic E-state index is 0.127. The van der Waals surface area contributed by atoms with Crippen LogP contribution >= 0.6 is 0 Å². The van der Waals surface area contributed by atoms with E-state index in [1.165, 1.54) is 0 Å². The molecule has 2 heterocycles. The molecule has 0 saturated carbocycles. The summed E-state index contributed by atoms with van der Waals surface area (Å²) in [4.78, 5) is 7.48. The molecule has 2 aromatic heterocycles. The summed E-state index contributed by atoms with van der Waals surface area (Å²) in [5.41, 5.74) is 1.89. The number of aryl methyl sites for hydroxylation is 3. The smallest absolute Gasteiger partial charge is 0.471 e. The van der Waals surface area contributed by atoms with Gasteiger partial charge in [-0.2, -0.15) is 23.1 Å². The van der Waals surface area contributed by atoms with Gasteiger partial charge in [0.15, 0.2) is 5.82 Å². The lowest BCUT2D eigenvalue weighted by molar-refractivity contribution is -0.159. The van der Waals surface area contributed by atoms with Gasteiger partial charge in [-0.05, 0) is 37.1 Å². The molecule has 7 nitrogen and oxygen atoms in total. The van der Waals surface area contributed by atoms with Crippen LogP contribution < -0.4 is 4.74 Å². The Kier molecular flexibility index (Phi) is 4.66. The van der Waals surface area contributed by atoms with Crippen LogP contribution in [0.25, 0.3) is 11.4 Å². The second kappa shape index (κ2) is 6.77. The van der Waals surface area contributed by atoms with Gasteiger partial charge in [0.2, 0.25) is 11.7 Å². The zero-order chi connectivity index (χ0) is 18.9. The van der Waals surface area contributed by atoms with Crippen LogP contribution in [0.1, 0.15) is 28.7 Å². The van der Waals surface area contributed by atoms with Gasteiger partial charge in [-0.25, -0.2) is 0 Å². The third-order valence-corrected chi connectivity index (χ3v) is 3.53. The topological polar surface area (TPSA) is 87.1 Å². The summed E-state index contributed by atoms with van der Waals surface area (Å²) in [7, 11) is 0. The van der Waals surface area contributed by atoms with E-state index >= 15 is 0 Å². The van der Waals surface area contributed by atoms with Crippen LogP contribution in [0.3, 0.4) is 0 Å². The highest BCUT2D eigenvalue weighted by molar-refractivity contribution is 5.61. The second-order valence-corrected chi connectivity index (χ2v) is 5.69. The summed E-state index contributed by atoms with van der Waals surface area (Å²) in [5, 5.41) is 7.18. The van der Waals surface area contributed by atoms with Crippen LogP contribution in [0.4, 0.5) is 13.2 Å². The average Bonchev–Trinajstić information content (AvgIpc) is 3.18. The minimum atomic E-state index is -4.67. The van der Waals surface area contributed by atoms with Crippen LogP contribution in [0.15, 0.2) is 21.2 Å². The molecule has 0 aliphatic carbocycles. The highest BCUT2D eigenvalue weighted by atomic mass is 19.4. The van der Waals surface area contributed by atoms with Crippen molar-refractivity contribution in [2.24, 2.45) is 0 Å². The summed E-state index contributed by atoms with van der Waals surface area (Å²) in [5.74, 6) is 0.153. The molecule has 0 radical (unpaired) electrons. The number of hydrogen-bond acceptors (Lipinski definition) is 7. The highest BCUT2D eigenvalue weighted by Crippen LogP contribution is 2.32. The van der Waals surface area contributed by atoms with Crippen molar-refractivity contribution >= 4 is 0 Å². The predicted octanol–water partition coefficient (Wildman–Crippen LogP) is 3.69. The van der Waals surface area contributed by atoms with Crippen molar-refractivity contribution in [3.8, 4) is 17.1 Å². The molecule has 0 bridgehead atoms. The van der Waals surface area contributed by atoms with Crippen molar-refractivity contribution in [1.29, 1.82) is 0 Å². The Morgan fingerprint density at radius 1 is 1.00 bits per heavy atom. The van der Waals surface area contributed by atoms with Gasteiger partial charge < -0.3 is 13.8 Å². The van der Waals surface area contributed by atoms with Crippen molar-refractivity contribution < 1.29 is 27.0 Å². The van der Waals surface area contributed by atoms with Crippen LogP contribution in [-0.2, 0) is 12.6 Å². The molecule has 0 fully saturated rings. The lowest BCUT2D eigenvalue weighted by Crippen LogP contribution is -2.06. The van der Waals surface area contributed by atoms with Gasteiger partial charge in [0.1, 0.15) is 5.75 Å². The molecule has 0 N–H and O–H groups in total. The molecule has 138 valence electrons. The maximum Gasteiger partial charge on any atom is 0.471 e. The second-order valence-electron chi connectivity index (χ2n) is 5.69. The Morgan fingerprint density at radius 2 is 1.69 bits per heavy atom. The fourth-order valence-electron chi connectivity index (χ4n) is 2.45. The fourth-order valence-corrected chi connectivity index (χ4v) is 2.45. The molecular weight excluding hydrogens is 353 g/mol. The average molecular weight is 368 g/mol. The zero-order valence-electron chi connectivity index (χ0n) is 14.2. The molecule has 26 heavy (non-hydrogen) atoms. The first-order valence-corrected chi connectivity index (χ1v) is 7.68. The first kappa shape index (κ1) is 17.9. The molecular formula is C16H15F3N4O3. The van der Waals surface area contributed by atoms with Gasteiger partial charge >= 0.3 is 12.1 Å². The van der Waals surface area contributed by atoms with Crippen molar-refractivity contribution in [3.05, 3.63) is 40.9 Å². The molecule has 3 aromatic rings. The SMILES string of the molecule is Cc1nc(CCOc2c(C)cc(-c3noc(C(F)(F)F)n3)cc2C)no1. The summed E-state index contributed by atoms with van der Waals surface area (Å²) in [6.07, 6.45) is -4.20. The predicted molar refractivity (Wildman–Crippen MR) is 82.4 cm³/mol. The Bertz CT molecular complexity index is 895. The molecule has 1 aromatic carbocycles. The van der Waals surface area contributed by atoms with E-state index in [9.17, 15) is 13.2 Å². The normalized spacial score (nSPS) is 11.8. The van der Waals surface area contributed by atoms with Crippen molar-refractivity contribution in [1.82, 2.24) is 20.3 Å². The van der Waals surface area contributed by atoms with E-state index in [0.29, 0.717) is 36.1 Å². The number of nitrogens with zero attached hydrogens (tertiary/aromatic N) is 4. The van der Waals surface area contributed by atoms with Crippen LogP contribution in [-0.4, -0.2) is 26.9 Å². The Balaban J connectivity index is 1.74. The highest BCUT2D eigenvalue weighted by Gasteiger charge is 2.38. The van der Waals surface area contributed by atoms with Crippen molar-refractivity contribution in [2.75, 3.05) is 6.61 Å².